The van der Waals surface area contributed by atoms with Gasteiger partial charge in [-0.05, 0) is 30.2 Å². The van der Waals surface area contributed by atoms with Crippen LogP contribution in [-0.2, 0) is 0 Å². The highest BCUT2D eigenvalue weighted by Crippen LogP contribution is 2.18. The lowest BCUT2D eigenvalue weighted by atomic mass is 10.0. The zero-order chi connectivity index (χ0) is 18.6. The van der Waals surface area contributed by atoms with Crippen molar-refractivity contribution in [1.82, 2.24) is 15.3 Å². The lowest BCUT2D eigenvalue weighted by Gasteiger charge is -2.34. The first-order valence-corrected chi connectivity index (χ1v) is 9.57. The molecule has 142 valence electrons. The van der Waals surface area contributed by atoms with E-state index in [0.29, 0.717) is 5.92 Å². The molecule has 1 fully saturated rings. The van der Waals surface area contributed by atoms with Gasteiger partial charge in [-0.15, -0.1) is 0 Å². The Kier molecular flexibility index (Phi) is 9.18. The highest BCUT2D eigenvalue weighted by atomic mass is 16.5. The molecule has 26 heavy (non-hydrogen) atoms. The van der Waals surface area contributed by atoms with Crippen LogP contribution in [0.15, 0.2) is 60.7 Å². The molecule has 2 aromatic rings. The van der Waals surface area contributed by atoms with E-state index in [9.17, 15) is 0 Å². The van der Waals surface area contributed by atoms with Gasteiger partial charge in [0, 0.05) is 32.7 Å². The average molecular weight is 356 g/mol. The Morgan fingerprint density at radius 1 is 0.923 bits per heavy atom. The number of nitrogens with zero attached hydrogens (tertiary/aromatic N) is 2. The van der Waals surface area contributed by atoms with E-state index >= 15 is 0 Å². The second-order valence-electron chi connectivity index (χ2n) is 6.61. The number of hydrogen-bond acceptors (Lipinski definition) is 4. The van der Waals surface area contributed by atoms with Crippen molar-refractivity contribution in [1.29, 1.82) is 0 Å². The zero-order valence-electron chi connectivity index (χ0n) is 16.4. The fourth-order valence-electron chi connectivity index (χ4n) is 2.92. The SMILES string of the molecule is CCN1CCN(NCC(C)c2ccc(OC)cc2)CC1.c1ccccc1. The maximum absolute atomic E-state index is 5.20. The van der Waals surface area contributed by atoms with Crippen LogP contribution in [0.3, 0.4) is 0 Å². The summed E-state index contributed by atoms with van der Waals surface area (Å²) in [4.78, 5) is 2.49. The van der Waals surface area contributed by atoms with E-state index in [1.54, 1.807) is 7.11 Å². The van der Waals surface area contributed by atoms with Crippen molar-refractivity contribution < 1.29 is 4.74 Å². The molecule has 0 amide bonds. The lowest BCUT2D eigenvalue weighted by Crippen LogP contribution is -2.52. The largest absolute Gasteiger partial charge is 0.497 e. The number of rotatable bonds is 6. The van der Waals surface area contributed by atoms with Crippen LogP contribution < -0.4 is 10.2 Å². The van der Waals surface area contributed by atoms with Crippen LogP contribution in [0.5, 0.6) is 5.75 Å². The Hall–Kier alpha value is -1.88. The lowest BCUT2D eigenvalue weighted by molar-refractivity contribution is 0.0913. The molecule has 1 atom stereocenters. The Labute approximate surface area is 158 Å². The molecule has 1 saturated heterocycles. The third-order valence-corrected chi connectivity index (χ3v) is 4.79. The third kappa shape index (κ3) is 7.16. The Bertz CT molecular complexity index is 553. The summed E-state index contributed by atoms with van der Waals surface area (Å²) >= 11 is 0. The van der Waals surface area contributed by atoms with E-state index < -0.39 is 0 Å². The molecule has 3 rings (SSSR count). The second kappa shape index (κ2) is 11.7. The van der Waals surface area contributed by atoms with Crippen molar-refractivity contribution in [3.63, 3.8) is 0 Å². The molecule has 0 aromatic heterocycles. The van der Waals surface area contributed by atoms with Gasteiger partial charge >= 0.3 is 0 Å². The number of likely N-dealkylation sites (N-methyl/N-ethyl adjacent to an activating group) is 1. The number of piperazine rings is 1. The molecular formula is C22H33N3O. The van der Waals surface area contributed by atoms with Gasteiger partial charge in [0.25, 0.3) is 0 Å². The molecule has 1 aliphatic heterocycles. The van der Waals surface area contributed by atoms with Crippen LogP contribution in [-0.4, -0.2) is 56.3 Å². The van der Waals surface area contributed by atoms with Crippen molar-refractivity contribution in [2.75, 3.05) is 46.4 Å². The predicted octanol–water partition coefficient (Wildman–Crippen LogP) is 3.63. The van der Waals surface area contributed by atoms with Crippen LogP contribution in [0.2, 0.25) is 0 Å². The number of nitrogens with one attached hydrogen (secondary N) is 1. The average Bonchev–Trinajstić information content (AvgIpc) is 2.74. The van der Waals surface area contributed by atoms with E-state index in [0.717, 1.165) is 31.9 Å². The molecule has 1 aliphatic rings. The smallest absolute Gasteiger partial charge is 0.118 e. The first-order valence-electron chi connectivity index (χ1n) is 9.57. The standard InChI is InChI=1S/C16H27N3O.C6H6/c1-4-18-9-11-19(12-10-18)17-13-14(2)15-5-7-16(20-3)8-6-15;1-2-4-6-5-3-1/h5-8,14,17H,4,9-13H2,1-3H3;1-6H. The van der Waals surface area contributed by atoms with E-state index in [2.05, 4.69) is 41.3 Å². The van der Waals surface area contributed by atoms with Crippen LogP contribution in [0, 0.1) is 0 Å². The number of ether oxygens (including phenoxy) is 1. The topological polar surface area (TPSA) is 27.7 Å². The summed E-state index contributed by atoms with van der Waals surface area (Å²) in [6, 6.07) is 20.4. The zero-order valence-corrected chi connectivity index (χ0v) is 16.4. The number of hydrogen-bond donors (Lipinski definition) is 1. The minimum atomic E-state index is 0.505. The van der Waals surface area contributed by atoms with Gasteiger partial charge in [-0.25, -0.2) is 5.01 Å². The summed E-state index contributed by atoms with van der Waals surface area (Å²) in [5.41, 5.74) is 4.92. The van der Waals surface area contributed by atoms with E-state index in [4.69, 9.17) is 4.74 Å². The molecule has 4 nitrogen and oxygen atoms in total. The molecule has 1 unspecified atom stereocenters. The van der Waals surface area contributed by atoms with E-state index in [1.807, 2.05) is 48.5 Å². The highest BCUT2D eigenvalue weighted by Gasteiger charge is 2.15. The number of methoxy groups -OCH3 is 1. The van der Waals surface area contributed by atoms with Gasteiger partial charge in [-0.1, -0.05) is 62.4 Å². The van der Waals surface area contributed by atoms with Crippen LogP contribution >= 0.6 is 0 Å². The van der Waals surface area contributed by atoms with Crippen molar-refractivity contribution in [2.45, 2.75) is 19.8 Å². The molecule has 2 aromatic carbocycles. The van der Waals surface area contributed by atoms with Gasteiger partial charge in [0.05, 0.1) is 7.11 Å². The number of benzene rings is 2. The third-order valence-electron chi connectivity index (χ3n) is 4.79. The Morgan fingerprint density at radius 3 is 1.92 bits per heavy atom. The maximum atomic E-state index is 5.20. The van der Waals surface area contributed by atoms with Gasteiger partial charge in [0.1, 0.15) is 5.75 Å². The maximum Gasteiger partial charge on any atom is 0.118 e. The summed E-state index contributed by atoms with van der Waals surface area (Å²) in [5, 5.41) is 2.35. The van der Waals surface area contributed by atoms with Crippen molar-refractivity contribution in [2.24, 2.45) is 0 Å². The molecule has 1 N–H and O–H groups in total. The van der Waals surface area contributed by atoms with Crippen LogP contribution in [0.25, 0.3) is 0 Å². The predicted molar refractivity (Wildman–Crippen MR) is 110 cm³/mol. The van der Waals surface area contributed by atoms with Gasteiger partial charge in [-0.2, -0.15) is 0 Å². The minimum absolute atomic E-state index is 0.505. The monoisotopic (exact) mass is 355 g/mol. The normalized spacial score (nSPS) is 16.4. The summed E-state index contributed by atoms with van der Waals surface area (Å²) in [6.45, 7) is 11.2. The molecule has 1 heterocycles. The van der Waals surface area contributed by atoms with Crippen molar-refractivity contribution >= 4 is 0 Å². The quantitative estimate of drug-likeness (QED) is 0.856. The molecular weight excluding hydrogens is 322 g/mol. The van der Waals surface area contributed by atoms with Crippen molar-refractivity contribution in [3.8, 4) is 5.75 Å². The first kappa shape index (κ1) is 20.4. The Balaban J connectivity index is 0.000000342. The summed E-state index contributed by atoms with van der Waals surface area (Å²) in [7, 11) is 1.70. The fraction of sp³-hybridized carbons (Fsp3) is 0.455. The molecule has 0 bridgehead atoms. The molecule has 0 aliphatic carbocycles. The van der Waals surface area contributed by atoms with Crippen LogP contribution in [0.1, 0.15) is 25.3 Å². The van der Waals surface area contributed by atoms with Crippen molar-refractivity contribution in [3.05, 3.63) is 66.2 Å². The van der Waals surface area contributed by atoms with E-state index in [1.165, 1.54) is 18.7 Å². The fourth-order valence-corrected chi connectivity index (χ4v) is 2.92. The molecule has 0 saturated carbocycles. The van der Waals surface area contributed by atoms with Gasteiger partial charge in [0.15, 0.2) is 0 Å². The van der Waals surface area contributed by atoms with E-state index in [-0.39, 0.29) is 0 Å². The van der Waals surface area contributed by atoms with Crippen LogP contribution in [0.4, 0.5) is 0 Å². The van der Waals surface area contributed by atoms with Gasteiger partial charge in [0.2, 0.25) is 0 Å². The summed E-state index contributed by atoms with van der Waals surface area (Å²) < 4.78 is 5.20. The molecule has 0 radical (unpaired) electrons. The second-order valence-corrected chi connectivity index (χ2v) is 6.61. The van der Waals surface area contributed by atoms with Gasteiger partial charge < -0.3 is 9.64 Å². The highest BCUT2D eigenvalue weighted by molar-refractivity contribution is 5.29. The Morgan fingerprint density at radius 2 is 1.46 bits per heavy atom. The molecule has 0 spiro atoms. The summed E-state index contributed by atoms with van der Waals surface area (Å²) in [6.07, 6.45) is 0. The van der Waals surface area contributed by atoms with Gasteiger partial charge in [-0.3, -0.25) is 5.43 Å². The number of hydrazine groups is 1. The minimum Gasteiger partial charge on any atom is -0.497 e. The summed E-state index contributed by atoms with van der Waals surface area (Å²) in [5.74, 6) is 1.43. The molecule has 4 heteroatoms. The first-order chi connectivity index (χ1) is 12.7.